The number of aromatic nitrogens is 2. The summed E-state index contributed by atoms with van der Waals surface area (Å²) < 4.78 is 7.89. The molecule has 1 aromatic rings. The fraction of sp³-hybridized carbons (Fsp3) is 0.800. The third-order valence-corrected chi connectivity index (χ3v) is 4.20. The van der Waals surface area contributed by atoms with E-state index in [1.54, 1.807) is 0 Å². The van der Waals surface area contributed by atoms with Gasteiger partial charge in [-0.3, -0.25) is 20.9 Å². The van der Waals surface area contributed by atoms with Gasteiger partial charge in [0.2, 0.25) is 0 Å². The van der Waals surface area contributed by atoms with Crippen LogP contribution in [0.4, 0.5) is 0 Å². The van der Waals surface area contributed by atoms with E-state index in [0.717, 1.165) is 44.8 Å². The van der Waals surface area contributed by atoms with Crippen molar-refractivity contribution in [3.8, 4) is 0 Å². The van der Waals surface area contributed by atoms with E-state index in [9.17, 15) is 0 Å². The van der Waals surface area contributed by atoms with Crippen molar-refractivity contribution in [2.75, 3.05) is 26.2 Å². The molecular formula is C15H29N5O. The van der Waals surface area contributed by atoms with Gasteiger partial charge in [0.1, 0.15) is 0 Å². The molecule has 0 saturated carbocycles. The van der Waals surface area contributed by atoms with Gasteiger partial charge in [-0.05, 0) is 25.5 Å². The van der Waals surface area contributed by atoms with Crippen LogP contribution in [0.15, 0.2) is 6.07 Å². The highest BCUT2D eigenvalue weighted by Crippen LogP contribution is 2.14. The lowest BCUT2D eigenvalue weighted by Gasteiger charge is -2.36. The summed E-state index contributed by atoms with van der Waals surface area (Å²) in [5.41, 5.74) is 5.27. The van der Waals surface area contributed by atoms with Gasteiger partial charge in [0, 0.05) is 32.3 Å². The highest BCUT2D eigenvalue weighted by Gasteiger charge is 2.28. The van der Waals surface area contributed by atoms with E-state index in [-0.39, 0.29) is 12.1 Å². The molecule has 0 radical (unpaired) electrons. The summed E-state index contributed by atoms with van der Waals surface area (Å²) in [5, 5.41) is 4.50. The SMILES string of the molecule is CCCN1CCOC(C(Cc2cc(CC)nn2C)NN)C1. The lowest BCUT2D eigenvalue weighted by Crippen LogP contribution is -2.55. The van der Waals surface area contributed by atoms with Gasteiger partial charge in [0.05, 0.1) is 24.4 Å². The summed E-state index contributed by atoms with van der Waals surface area (Å²) in [6, 6.07) is 2.28. The van der Waals surface area contributed by atoms with Crippen molar-refractivity contribution in [3.63, 3.8) is 0 Å². The van der Waals surface area contributed by atoms with Crippen molar-refractivity contribution < 1.29 is 4.74 Å². The Hall–Kier alpha value is -0.950. The third-order valence-electron chi connectivity index (χ3n) is 4.20. The van der Waals surface area contributed by atoms with Crippen molar-refractivity contribution in [1.82, 2.24) is 20.1 Å². The Balaban J connectivity index is 1.99. The Bertz CT molecular complexity index is 432. The normalized spacial score (nSPS) is 21.6. The summed E-state index contributed by atoms with van der Waals surface area (Å²) >= 11 is 0. The molecule has 1 fully saturated rings. The zero-order valence-electron chi connectivity index (χ0n) is 13.5. The van der Waals surface area contributed by atoms with E-state index in [1.165, 1.54) is 12.1 Å². The van der Waals surface area contributed by atoms with Crippen LogP contribution < -0.4 is 11.3 Å². The third kappa shape index (κ3) is 4.26. The number of hydrazine groups is 1. The van der Waals surface area contributed by atoms with Gasteiger partial charge in [-0.25, -0.2) is 0 Å². The molecule has 0 aromatic carbocycles. The number of aryl methyl sites for hydroxylation is 2. The second kappa shape index (κ2) is 7.89. The molecule has 1 aliphatic rings. The summed E-state index contributed by atoms with van der Waals surface area (Å²) in [5.74, 6) is 5.78. The molecule has 2 rings (SSSR count). The van der Waals surface area contributed by atoms with Crippen LogP contribution in [0.5, 0.6) is 0 Å². The molecule has 2 atom stereocenters. The fourth-order valence-corrected chi connectivity index (χ4v) is 2.95. The van der Waals surface area contributed by atoms with Crippen LogP contribution in [-0.2, 0) is 24.6 Å². The van der Waals surface area contributed by atoms with Gasteiger partial charge >= 0.3 is 0 Å². The number of hydrogen-bond acceptors (Lipinski definition) is 5. The molecule has 0 amide bonds. The van der Waals surface area contributed by atoms with Gasteiger partial charge < -0.3 is 4.74 Å². The molecule has 6 nitrogen and oxygen atoms in total. The number of hydrogen-bond donors (Lipinski definition) is 2. The molecule has 0 bridgehead atoms. The standard InChI is InChI=1S/C15H29N5O/c1-4-6-20-7-8-21-15(11-20)14(17-16)10-13-9-12(5-2)18-19(13)3/h9,14-15,17H,4-8,10-11,16H2,1-3H3. The molecule has 0 aliphatic carbocycles. The number of nitrogens with two attached hydrogens (primary N) is 1. The lowest BCUT2D eigenvalue weighted by atomic mass is 10.0. The molecule has 3 N–H and O–H groups in total. The van der Waals surface area contributed by atoms with Gasteiger partial charge in [0.25, 0.3) is 0 Å². The first-order valence-corrected chi connectivity index (χ1v) is 7.99. The van der Waals surface area contributed by atoms with E-state index in [1.807, 2.05) is 11.7 Å². The Morgan fingerprint density at radius 2 is 2.33 bits per heavy atom. The van der Waals surface area contributed by atoms with Gasteiger partial charge in [-0.2, -0.15) is 5.10 Å². The van der Waals surface area contributed by atoms with E-state index in [4.69, 9.17) is 10.6 Å². The number of nitrogens with one attached hydrogen (secondary N) is 1. The molecule has 2 unspecified atom stereocenters. The summed E-state index contributed by atoms with van der Waals surface area (Å²) in [7, 11) is 1.99. The molecule has 6 heteroatoms. The highest BCUT2D eigenvalue weighted by atomic mass is 16.5. The van der Waals surface area contributed by atoms with Crippen LogP contribution in [0.1, 0.15) is 31.7 Å². The Morgan fingerprint density at radius 1 is 1.52 bits per heavy atom. The molecule has 21 heavy (non-hydrogen) atoms. The first-order chi connectivity index (χ1) is 10.2. The second-order valence-electron chi connectivity index (χ2n) is 5.79. The summed E-state index contributed by atoms with van der Waals surface area (Å²) in [6.07, 6.45) is 3.11. The zero-order valence-corrected chi connectivity index (χ0v) is 13.5. The average Bonchev–Trinajstić information content (AvgIpc) is 2.85. The lowest BCUT2D eigenvalue weighted by molar-refractivity contribution is -0.0464. The van der Waals surface area contributed by atoms with Gasteiger partial charge in [-0.15, -0.1) is 0 Å². The fourth-order valence-electron chi connectivity index (χ4n) is 2.95. The molecular weight excluding hydrogens is 266 g/mol. The summed E-state index contributed by atoms with van der Waals surface area (Å²) in [6.45, 7) is 8.22. The molecule has 2 heterocycles. The van der Waals surface area contributed by atoms with Crippen molar-refractivity contribution in [2.45, 2.75) is 45.3 Å². The molecule has 120 valence electrons. The van der Waals surface area contributed by atoms with E-state index >= 15 is 0 Å². The maximum atomic E-state index is 5.94. The number of nitrogens with zero attached hydrogens (tertiary/aromatic N) is 3. The Labute approximate surface area is 127 Å². The van der Waals surface area contributed by atoms with Crippen LogP contribution >= 0.6 is 0 Å². The van der Waals surface area contributed by atoms with E-state index < -0.39 is 0 Å². The molecule has 1 aromatic heterocycles. The molecule has 1 aliphatic heterocycles. The van der Waals surface area contributed by atoms with Crippen LogP contribution in [0.3, 0.4) is 0 Å². The first kappa shape index (κ1) is 16.4. The van der Waals surface area contributed by atoms with Crippen molar-refractivity contribution >= 4 is 0 Å². The minimum Gasteiger partial charge on any atom is -0.374 e. The number of rotatable bonds is 7. The second-order valence-corrected chi connectivity index (χ2v) is 5.79. The van der Waals surface area contributed by atoms with Crippen LogP contribution in [0.25, 0.3) is 0 Å². The van der Waals surface area contributed by atoms with Crippen LogP contribution in [-0.4, -0.2) is 53.1 Å². The Morgan fingerprint density at radius 3 is 2.95 bits per heavy atom. The quantitative estimate of drug-likeness (QED) is 0.565. The number of ether oxygens (including phenoxy) is 1. The topological polar surface area (TPSA) is 68.3 Å². The zero-order chi connectivity index (χ0) is 15.2. The van der Waals surface area contributed by atoms with E-state index in [2.05, 4.69) is 35.3 Å². The van der Waals surface area contributed by atoms with Crippen LogP contribution in [0, 0.1) is 0 Å². The molecule has 0 spiro atoms. The predicted molar refractivity (Wildman–Crippen MR) is 83.9 cm³/mol. The van der Waals surface area contributed by atoms with Gasteiger partial charge in [-0.1, -0.05) is 13.8 Å². The average molecular weight is 295 g/mol. The Kier molecular flexibility index (Phi) is 6.17. The minimum atomic E-state index is 0.116. The molecule has 1 saturated heterocycles. The maximum absolute atomic E-state index is 5.94. The maximum Gasteiger partial charge on any atom is 0.0872 e. The highest BCUT2D eigenvalue weighted by molar-refractivity contribution is 5.12. The summed E-state index contributed by atoms with van der Waals surface area (Å²) in [4.78, 5) is 2.46. The van der Waals surface area contributed by atoms with Gasteiger partial charge in [0.15, 0.2) is 0 Å². The smallest absolute Gasteiger partial charge is 0.0872 e. The van der Waals surface area contributed by atoms with Crippen molar-refractivity contribution in [2.24, 2.45) is 12.9 Å². The predicted octanol–water partition coefficient (Wildman–Crippen LogP) is 0.468. The van der Waals surface area contributed by atoms with Crippen LogP contribution in [0.2, 0.25) is 0 Å². The van der Waals surface area contributed by atoms with E-state index in [0.29, 0.717) is 0 Å². The first-order valence-electron chi connectivity index (χ1n) is 7.99. The monoisotopic (exact) mass is 295 g/mol. The largest absolute Gasteiger partial charge is 0.374 e. The minimum absolute atomic E-state index is 0.116. The van der Waals surface area contributed by atoms with Crippen molar-refractivity contribution in [1.29, 1.82) is 0 Å². The van der Waals surface area contributed by atoms with Crippen molar-refractivity contribution in [3.05, 3.63) is 17.5 Å². The number of morpholine rings is 1.